The Bertz CT molecular complexity index is 1290. The van der Waals surface area contributed by atoms with Crippen molar-refractivity contribution in [3.05, 3.63) is 82.1 Å². The molecule has 7 heteroatoms. The molecule has 2 aromatic carbocycles. The molecule has 7 nitrogen and oxygen atoms in total. The Morgan fingerprint density at radius 3 is 2.47 bits per heavy atom. The Labute approximate surface area is 196 Å². The van der Waals surface area contributed by atoms with Crippen LogP contribution in [0.3, 0.4) is 0 Å². The van der Waals surface area contributed by atoms with Crippen LogP contribution in [0.5, 0.6) is 5.75 Å². The van der Waals surface area contributed by atoms with Crippen molar-refractivity contribution < 1.29 is 34.4 Å². The molecule has 1 fully saturated rings. The summed E-state index contributed by atoms with van der Waals surface area (Å²) in [5.41, 5.74) is -1.18. The highest BCUT2D eigenvalue weighted by Gasteiger charge is 2.61. The Balaban J connectivity index is 1.56. The zero-order valence-corrected chi connectivity index (χ0v) is 18.6. The van der Waals surface area contributed by atoms with Crippen molar-refractivity contribution in [2.45, 2.75) is 38.4 Å². The second-order valence-corrected chi connectivity index (χ2v) is 9.16. The maximum Gasteiger partial charge on any atom is 0.209 e. The van der Waals surface area contributed by atoms with Gasteiger partial charge in [0.2, 0.25) is 11.6 Å². The summed E-state index contributed by atoms with van der Waals surface area (Å²) in [6.07, 6.45) is 0.665. The van der Waals surface area contributed by atoms with Gasteiger partial charge in [-0.2, -0.15) is 0 Å². The fourth-order valence-electron chi connectivity index (χ4n) is 5.52. The number of ether oxygens (including phenoxy) is 1. The summed E-state index contributed by atoms with van der Waals surface area (Å²) in [6.45, 7) is 1.34. The van der Waals surface area contributed by atoms with Gasteiger partial charge in [0.1, 0.15) is 29.4 Å². The van der Waals surface area contributed by atoms with Gasteiger partial charge in [0.05, 0.1) is 5.56 Å². The van der Waals surface area contributed by atoms with Crippen LogP contribution in [-0.2, 0) is 32.1 Å². The predicted molar refractivity (Wildman–Crippen MR) is 121 cm³/mol. The number of rotatable bonds is 4. The zero-order chi connectivity index (χ0) is 24.2. The Hall–Kier alpha value is -3.71. The lowest BCUT2D eigenvalue weighted by molar-refractivity contribution is -0.158. The van der Waals surface area contributed by atoms with Crippen LogP contribution in [0.4, 0.5) is 0 Å². The first-order chi connectivity index (χ1) is 16.2. The van der Waals surface area contributed by atoms with Crippen molar-refractivity contribution >= 4 is 23.1 Å². The molecule has 3 atom stereocenters. The summed E-state index contributed by atoms with van der Waals surface area (Å²) in [5, 5.41) is 32.6. The quantitative estimate of drug-likeness (QED) is 0.473. The molecule has 0 radical (unpaired) electrons. The molecule has 1 saturated carbocycles. The van der Waals surface area contributed by atoms with E-state index in [1.807, 2.05) is 30.3 Å². The summed E-state index contributed by atoms with van der Waals surface area (Å²) in [4.78, 5) is 39.5. The van der Waals surface area contributed by atoms with Gasteiger partial charge in [-0.25, -0.2) is 0 Å². The lowest BCUT2D eigenvalue weighted by Crippen LogP contribution is -2.61. The van der Waals surface area contributed by atoms with Crippen molar-refractivity contribution in [2.75, 3.05) is 0 Å². The van der Waals surface area contributed by atoms with Gasteiger partial charge in [-0.3, -0.25) is 14.4 Å². The van der Waals surface area contributed by atoms with Gasteiger partial charge in [-0.15, -0.1) is 0 Å². The first-order valence-corrected chi connectivity index (χ1v) is 11.2. The van der Waals surface area contributed by atoms with Crippen LogP contribution < -0.4 is 0 Å². The summed E-state index contributed by atoms with van der Waals surface area (Å²) in [7, 11) is 0. The van der Waals surface area contributed by atoms with Crippen LogP contribution in [0.1, 0.15) is 36.5 Å². The SMILES string of the molecule is CC(=O)C1=C(OCc2ccccc2)C[C@H]2C[C@H]3Cc4cccc(O)c4C(O)=C3C(=O)[C@@]2(O)C1=O. The van der Waals surface area contributed by atoms with E-state index in [4.69, 9.17) is 4.74 Å². The summed E-state index contributed by atoms with van der Waals surface area (Å²) < 4.78 is 5.89. The lowest BCUT2D eigenvalue weighted by atomic mass is 9.58. The highest BCUT2D eigenvalue weighted by atomic mass is 16.5. The average molecular weight is 460 g/mol. The van der Waals surface area contributed by atoms with Crippen molar-refractivity contribution in [1.29, 1.82) is 0 Å². The van der Waals surface area contributed by atoms with Gasteiger partial charge in [0.25, 0.3) is 0 Å². The number of ketones is 3. The van der Waals surface area contributed by atoms with Crippen LogP contribution >= 0.6 is 0 Å². The minimum atomic E-state index is -2.47. The number of aliphatic hydroxyl groups excluding tert-OH is 1. The monoisotopic (exact) mass is 460 g/mol. The van der Waals surface area contributed by atoms with Gasteiger partial charge in [-0.05, 0) is 42.9 Å². The first kappa shape index (κ1) is 22.1. The van der Waals surface area contributed by atoms with Crippen LogP contribution in [-0.4, -0.2) is 38.3 Å². The molecule has 0 saturated heterocycles. The number of aromatic hydroxyl groups is 1. The molecule has 5 rings (SSSR count). The number of benzene rings is 2. The molecule has 34 heavy (non-hydrogen) atoms. The highest BCUT2D eigenvalue weighted by molar-refractivity contribution is 6.33. The number of carbonyl (C=O) groups is 3. The van der Waals surface area contributed by atoms with E-state index < -0.39 is 40.5 Å². The maximum atomic E-state index is 13.6. The molecule has 174 valence electrons. The standard InChI is InChI=1S/C27H24O7/c1-14(28)21-20(34-13-15-6-3-2-4-7-15)12-18-11-17-10-16-8-5-9-19(29)22(16)24(30)23(17)26(32)27(18,33)25(21)31/h2-9,17-18,29-30,33H,10-13H2,1H3/t17-,18-,27+/m1/s1. The van der Waals surface area contributed by atoms with Gasteiger partial charge in [0, 0.05) is 17.9 Å². The van der Waals surface area contributed by atoms with Gasteiger partial charge < -0.3 is 20.1 Å². The van der Waals surface area contributed by atoms with Crippen molar-refractivity contribution in [2.24, 2.45) is 11.8 Å². The first-order valence-electron chi connectivity index (χ1n) is 11.2. The van der Waals surface area contributed by atoms with E-state index in [0.717, 1.165) is 5.56 Å². The Morgan fingerprint density at radius 2 is 1.76 bits per heavy atom. The van der Waals surface area contributed by atoms with Crippen LogP contribution in [0.2, 0.25) is 0 Å². The number of aliphatic hydroxyl groups is 2. The Morgan fingerprint density at radius 1 is 1.03 bits per heavy atom. The minimum absolute atomic E-state index is 0.0488. The second-order valence-electron chi connectivity index (χ2n) is 9.16. The molecule has 0 unspecified atom stereocenters. The van der Waals surface area contributed by atoms with Crippen LogP contribution in [0, 0.1) is 11.8 Å². The fourth-order valence-corrected chi connectivity index (χ4v) is 5.52. The molecular weight excluding hydrogens is 436 g/mol. The molecule has 2 aromatic rings. The minimum Gasteiger partial charge on any atom is -0.507 e. The lowest BCUT2D eigenvalue weighted by Gasteiger charge is -2.46. The highest BCUT2D eigenvalue weighted by Crippen LogP contribution is 2.51. The molecule has 0 bridgehead atoms. The zero-order valence-electron chi connectivity index (χ0n) is 18.6. The van der Waals surface area contributed by atoms with Crippen LogP contribution in [0.15, 0.2) is 65.4 Å². The molecular formula is C27H24O7. The summed E-state index contributed by atoms with van der Waals surface area (Å²) in [5.74, 6) is -4.17. The number of carbonyl (C=O) groups excluding carboxylic acids is 3. The molecule has 3 aliphatic rings. The summed E-state index contributed by atoms with van der Waals surface area (Å²) >= 11 is 0. The second kappa shape index (κ2) is 7.95. The number of allylic oxidation sites excluding steroid dienone is 1. The predicted octanol–water partition coefficient (Wildman–Crippen LogP) is 3.19. The van der Waals surface area contributed by atoms with E-state index in [0.29, 0.717) is 12.0 Å². The molecule has 0 heterocycles. The van der Waals surface area contributed by atoms with Gasteiger partial charge in [0.15, 0.2) is 11.4 Å². The Kier molecular flexibility index (Phi) is 5.17. The maximum absolute atomic E-state index is 13.6. The third-order valence-electron chi connectivity index (χ3n) is 7.14. The molecule has 0 spiro atoms. The number of Topliss-reactive ketones (excluding diaryl/α,β-unsaturated/α-hetero) is 3. The third kappa shape index (κ3) is 3.19. The third-order valence-corrected chi connectivity index (χ3v) is 7.14. The van der Waals surface area contributed by atoms with E-state index in [9.17, 15) is 29.7 Å². The van der Waals surface area contributed by atoms with Crippen LogP contribution in [0.25, 0.3) is 5.76 Å². The fraction of sp³-hybridized carbons (Fsp3) is 0.296. The van der Waals surface area contributed by atoms with E-state index >= 15 is 0 Å². The normalized spacial score (nSPS) is 26.1. The van der Waals surface area contributed by atoms with Crippen molar-refractivity contribution in [3.63, 3.8) is 0 Å². The van der Waals surface area contributed by atoms with E-state index in [-0.39, 0.29) is 47.7 Å². The molecule has 0 amide bonds. The largest absolute Gasteiger partial charge is 0.507 e. The number of phenolic OH excluding ortho intramolecular Hbond substituents is 1. The molecule has 3 N–H and O–H groups in total. The van der Waals surface area contributed by atoms with Gasteiger partial charge >= 0.3 is 0 Å². The number of hydrogen-bond donors (Lipinski definition) is 3. The van der Waals surface area contributed by atoms with Crippen molar-refractivity contribution in [3.8, 4) is 5.75 Å². The number of fused-ring (bicyclic) bond motifs is 3. The molecule has 0 aliphatic heterocycles. The van der Waals surface area contributed by atoms with E-state index in [1.165, 1.54) is 13.0 Å². The number of hydrogen-bond acceptors (Lipinski definition) is 7. The molecule has 3 aliphatic carbocycles. The topological polar surface area (TPSA) is 121 Å². The van der Waals surface area contributed by atoms with Crippen molar-refractivity contribution in [1.82, 2.24) is 0 Å². The summed E-state index contributed by atoms with van der Waals surface area (Å²) in [6, 6.07) is 14.1. The average Bonchev–Trinajstić information content (AvgIpc) is 2.80. The number of phenols is 1. The van der Waals surface area contributed by atoms with E-state index in [1.54, 1.807) is 12.1 Å². The smallest absolute Gasteiger partial charge is 0.209 e. The molecule has 0 aromatic heterocycles. The van der Waals surface area contributed by atoms with Gasteiger partial charge in [-0.1, -0.05) is 42.5 Å². The van der Waals surface area contributed by atoms with E-state index in [2.05, 4.69) is 0 Å².